The van der Waals surface area contributed by atoms with Crippen LogP contribution in [0.1, 0.15) is 29.3 Å². The van der Waals surface area contributed by atoms with Gasteiger partial charge in [0, 0.05) is 45.3 Å². The molecule has 2 aliphatic rings. The Balaban J connectivity index is 1.47. The molecular formula is C28H28Cl2N4O3. The van der Waals surface area contributed by atoms with Crippen LogP contribution < -0.4 is 5.32 Å². The lowest BCUT2D eigenvalue weighted by Crippen LogP contribution is -2.42. The molecule has 2 N–H and O–H groups in total. The lowest BCUT2D eigenvalue weighted by Gasteiger charge is -2.36. The first kappa shape index (κ1) is 25.4. The second-order valence-corrected chi connectivity index (χ2v) is 10.4. The molecule has 3 aromatic rings. The van der Waals surface area contributed by atoms with E-state index < -0.39 is 6.09 Å². The van der Waals surface area contributed by atoms with E-state index in [4.69, 9.17) is 27.9 Å². The molecule has 9 heteroatoms. The second kappa shape index (κ2) is 10.6. The summed E-state index contributed by atoms with van der Waals surface area (Å²) in [6.45, 7) is 0.783. The first-order valence-electron chi connectivity index (χ1n) is 12.1. The molecule has 7 nitrogen and oxygen atoms in total. The zero-order valence-electron chi connectivity index (χ0n) is 20.6. The normalized spacial score (nSPS) is 19.1. The number of carbonyl (C=O) groups is 2. The number of ether oxygens (including phenoxy) is 1. The van der Waals surface area contributed by atoms with Crippen LogP contribution in [0.5, 0.6) is 0 Å². The number of allylic oxidation sites excluding steroid dienone is 2. The van der Waals surface area contributed by atoms with E-state index in [-0.39, 0.29) is 18.1 Å². The van der Waals surface area contributed by atoms with Crippen molar-refractivity contribution in [3.63, 3.8) is 0 Å². The maximum Gasteiger partial charge on any atom is 0.411 e. The van der Waals surface area contributed by atoms with Crippen LogP contribution in [0, 0.1) is 0 Å². The minimum absolute atomic E-state index is 0.0925. The highest BCUT2D eigenvalue weighted by atomic mass is 35.5. The van der Waals surface area contributed by atoms with Gasteiger partial charge in [0.05, 0.1) is 6.54 Å². The Hall–Kier alpha value is -3.26. The van der Waals surface area contributed by atoms with Gasteiger partial charge in [-0.25, -0.2) is 4.79 Å². The number of rotatable bonds is 5. The molecule has 5 rings (SSSR count). The molecule has 1 aromatic heterocycles. The topological polar surface area (TPSA) is 77.7 Å². The lowest BCUT2D eigenvalue weighted by molar-refractivity contribution is -0.116. The summed E-state index contributed by atoms with van der Waals surface area (Å²) in [5.41, 5.74) is 4.65. The molecule has 37 heavy (non-hydrogen) atoms. The van der Waals surface area contributed by atoms with E-state index in [1.54, 1.807) is 17.1 Å². The van der Waals surface area contributed by atoms with Crippen molar-refractivity contribution in [2.45, 2.75) is 25.0 Å². The number of halogens is 2. The predicted molar refractivity (Wildman–Crippen MR) is 147 cm³/mol. The molecule has 0 saturated heterocycles. The van der Waals surface area contributed by atoms with Crippen LogP contribution in [0.15, 0.2) is 65.7 Å². The average Bonchev–Trinajstić information content (AvgIpc) is 3.22. The maximum absolute atomic E-state index is 13.4. The number of nitrogens with zero attached hydrogens (tertiary/aromatic N) is 2. The lowest BCUT2D eigenvalue weighted by atomic mass is 9.92. The second-order valence-electron chi connectivity index (χ2n) is 9.57. The van der Waals surface area contributed by atoms with E-state index in [0.717, 1.165) is 27.7 Å². The molecule has 1 aliphatic carbocycles. The Kier molecular flexibility index (Phi) is 7.29. The summed E-state index contributed by atoms with van der Waals surface area (Å²) in [5.74, 6) is -0.0925. The molecule has 0 radical (unpaired) electrons. The smallest absolute Gasteiger partial charge is 0.411 e. The van der Waals surface area contributed by atoms with Crippen molar-refractivity contribution >= 4 is 51.8 Å². The van der Waals surface area contributed by atoms with Crippen molar-refractivity contribution in [2.75, 3.05) is 32.5 Å². The standard InChI is InChI=1S/C28H28Cl2N4O3/c1-33(2)16-25(35)31-20-8-3-17(4-9-20)27-26-22(23-15-19(30)7-12-24(23)32-26)13-14-34(27)28(36)37-21-10-5-18(29)6-11-21/h3-10,12,15,21,27,32H,11,13-14,16H2,1-2H3,(H,31,35). The van der Waals surface area contributed by atoms with Crippen LogP contribution in [-0.2, 0) is 16.0 Å². The summed E-state index contributed by atoms with van der Waals surface area (Å²) in [7, 11) is 3.69. The number of carbonyl (C=O) groups excluding carboxylic acids is 2. The molecule has 0 spiro atoms. The molecule has 2 unspecified atom stereocenters. The predicted octanol–water partition coefficient (Wildman–Crippen LogP) is 5.86. The highest BCUT2D eigenvalue weighted by Crippen LogP contribution is 2.40. The Bertz CT molecular complexity index is 1390. The van der Waals surface area contributed by atoms with E-state index in [1.807, 2.05) is 67.5 Å². The van der Waals surface area contributed by atoms with Crippen LogP contribution >= 0.6 is 23.2 Å². The molecule has 1 aliphatic heterocycles. The average molecular weight is 539 g/mol. The van der Waals surface area contributed by atoms with Gasteiger partial charge < -0.3 is 19.9 Å². The fourth-order valence-corrected chi connectivity index (χ4v) is 5.23. The summed E-state index contributed by atoms with van der Waals surface area (Å²) in [5, 5.41) is 5.28. The fraction of sp³-hybridized carbons (Fsp3) is 0.286. The Morgan fingerprint density at radius 3 is 2.65 bits per heavy atom. The van der Waals surface area contributed by atoms with Crippen molar-refractivity contribution in [3.8, 4) is 0 Å². The Morgan fingerprint density at radius 1 is 1.16 bits per heavy atom. The third kappa shape index (κ3) is 5.54. The third-order valence-electron chi connectivity index (χ3n) is 6.56. The molecule has 0 bridgehead atoms. The van der Waals surface area contributed by atoms with Crippen molar-refractivity contribution in [3.05, 3.63) is 87.6 Å². The fourth-order valence-electron chi connectivity index (χ4n) is 4.90. The number of likely N-dealkylation sites (N-methyl/N-ethyl adjacent to an activating group) is 1. The van der Waals surface area contributed by atoms with E-state index >= 15 is 0 Å². The number of hydrogen-bond acceptors (Lipinski definition) is 4. The van der Waals surface area contributed by atoms with Gasteiger partial charge in [0.25, 0.3) is 0 Å². The molecule has 2 amide bonds. The van der Waals surface area contributed by atoms with Gasteiger partial charge in [0.2, 0.25) is 5.91 Å². The minimum atomic E-state index is -0.392. The highest BCUT2D eigenvalue weighted by Gasteiger charge is 2.36. The van der Waals surface area contributed by atoms with Crippen LogP contribution in [0.2, 0.25) is 5.02 Å². The number of aromatic nitrogens is 1. The van der Waals surface area contributed by atoms with Crippen molar-refractivity contribution in [2.24, 2.45) is 0 Å². The molecule has 2 atom stereocenters. The summed E-state index contributed by atoms with van der Waals surface area (Å²) in [6, 6.07) is 13.0. The summed E-state index contributed by atoms with van der Waals surface area (Å²) < 4.78 is 5.85. The van der Waals surface area contributed by atoms with Crippen molar-refractivity contribution in [1.82, 2.24) is 14.8 Å². The van der Waals surface area contributed by atoms with Crippen LogP contribution in [-0.4, -0.2) is 60.1 Å². The van der Waals surface area contributed by atoms with E-state index in [0.29, 0.717) is 41.7 Å². The van der Waals surface area contributed by atoms with Gasteiger partial charge in [0.1, 0.15) is 12.1 Å². The van der Waals surface area contributed by atoms with Crippen molar-refractivity contribution in [1.29, 1.82) is 0 Å². The highest BCUT2D eigenvalue weighted by molar-refractivity contribution is 6.31. The zero-order valence-corrected chi connectivity index (χ0v) is 22.1. The largest absolute Gasteiger partial charge is 0.441 e. The van der Waals surface area contributed by atoms with Gasteiger partial charge in [-0.1, -0.05) is 41.4 Å². The quantitative estimate of drug-likeness (QED) is 0.426. The number of H-pyrrole nitrogens is 1. The summed E-state index contributed by atoms with van der Waals surface area (Å²) in [6.07, 6.45) is 5.85. The molecule has 0 saturated carbocycles. The number of hydrogen-bond donors (Lipinski definition) is 2. The molecular weight excluding hydrogens is 511 g/mol. The monoisotopic (exact) mass is 538 g/mol. The summed E-state index contributed by atoms with van der Waals surface area (Å²) >= 11 is 12.3. The third-order valence-corrected chi connectivity index (χ3v) is 7.08. The molecule has 2 heterocycles. The SMILES string of the molecule is CN(C)CC(=O)Nc1ccc(C2c3[nH]c4ccc(Cl)cc4c3CCN2C(=O)OC2C=CC(Cl)=CC2)cc1. The van der Waals surface area contributed by atoms with Crippen molar-refractivity contribution < 1.29 is 14.3 Å². The number of anilines is 1. The van der Waals surface area contributed by atoms with Crippen LogP contribution in [0.25, 0.3) is 10.9 Å². The number of fused-ring (bicyclic) bond motifs is 3. The van der Waals surface area contributed by atoms with Gasteiger partial charge in [-0.2, -0.15) is 0 Å². The zero-order chi connectivity index (χ0) is 26.1. The van der Waals surface area contributed by atoms with Gasteiger partial charge in [-0.3, -0.25) is 9.69 Å². The van der Waals surface area contributed by atoms with E-state index in [1.165, 1.54) is 0 Å². The Labute approximate surface area is 225 Å². The minimum Gasteiger partial charge on any atom is -0.441 e. The van der Waals surface area contributed by atoms with Gasteiger partial charge in [-0.05, 0) is 74.1 Å². The number of aromatic amines is 1. The van der Waals surface area contributed by atoms with Crippen LogP contribution in [0.3, 0.4) is 0 Å². The molecule has 0 fully saturated rings. The maximum atomic E-state index is 13.4. The van der Waals surface area contributed by atoms with Gasteiger partial charge in [-0.15, -0.1) is 0 Å². The van der Waals surface area contributed by atoms with E-state index in [9.17, 15) is 9.59 Å². The first-order chi connectivity index (χ1) is 17.8. The molecule has 192 valence electrons. The Morgan fingerprint density at radius 2 is 1.95 bits per heavy atom. The first-order valence-corrected chi connectivity index (χ1v) is 12.9. The van der Waals surface area contributed by atoms with E-state index in [2.05, 4.69) is 10.3 Å². The van der Waals surface area contributed by atoms with Crippen LogP contribution in [0.4, 0.5) is 10.5 Å². The number of amides is 2. The summed E-state index contributed by atoms with van der Waals surface area (Å²) in [4.78, 5) is 32.7. The van der Waals surface area contributed by atoms with Gasteiger partial charge in [0.15, 0.2) is 0 Å². The number of benzene rings is 2. The molecule has 2 aromatic carbocycles. The number of nitrogens with one attached hydrogen (secondary N) is 2. The van der Waals surface area contributed by atoms with Gasteiger partial charge >= 0.3 is 6.09 Å².